The van der Waals surface area contributed by atoms with Crippen molar-refractivity contribution in [3.63, 3.8) is 0 Å². The van der Waals surface area contributed by atoms with Gasteiger partial charge in [-0.05, 0) is 36.8 Å². The van der Waals surface area contributed by atoms with E-state index in [1.165, 1.54) is 18.4 Å². The Bertz CT molecular complexity index is 695. The number of hydrogen-bond donors (Lipinski definition) is 0. The SMILES string of the molecule is C=CCn1c(SCc2ccc(SC)c(OC)c2)nnc1C1CC1. The first-order valence-electron chi connectivity index (χ1n) is 7.64. The molecular formula is C17H21N3OS2. The molecule has 23 heavy (non-hydrogen) atoms. The normalized spacial score (nSPS) is 14.0. The second kappa shape index (κ2) is 7.45. The molecule has 1 fully saturated rings. The lowest BCUT2D eigenvalue weighted by molar-refractivity contribution is 0.404. The molecule has 0 radical (unpaired) electrons. The van der Waals surface area contributed by atoms with E-state index in [0.29, 0.717) is 5.92 Å². The van der Waals surface area contributed by atoms with E-state index >= 15 is 0 Å². The van der Waals surface area contributed by atoms with E-state index in [4.69, 9.17) is 4.74 Å². The molecule has 0 unspecified atom stereocenters. The van der Waals surface area contributed by atoms with Crippen LogP contribution in [0.4, 0.5) is 0 Å². The van der Waals surface area contributed by atoms with Gasteiger partial charge in [0, 0.05) is 23.1 Å². The van der Waals surface area contributed by atoms with Crippen molar-refractivity contribution >= 4 is 23.5 Å². The third-order valence-electron chi connectivity index (χ3n) is 3.82. The Labute approximate surface area is 145 Å². The quantitative estimate of drug-likeness (QED) is 0.524. The van der Waals surface area contributed by atoms with Crippen LogP contribution in [0.15, 0.2) is 40.9 Å². The van der Waals surface area contributed by atoms with Crippen LogP contribution in [0.3, 0.4) is 0 Å². The molecule has 0 spiro atoms. The summed E-state index contributed by atoms with van der Waals surface area (Å²) in [5, 5.41) is 9.74. The molecule has 1 aliphatic carbocycles. The minimum Gasteiger partial charge on any atom is -0.496 e. The topological polar surface area (TPSA) is 39.9 Å². The lowest BCUT2D eigenvalue weighted by Gasteiger charge is -2.09. The van der Waals surface area contributed by atoms with Gasteiger partial charge >= 0.3 is 0 Å². The van der Waals surface area contributed by atoms with Crippen molar-refractivity contribution in [3.8, 4) is 5.75 Å². The molecule has 0 saturated heterocycles. The van der Waals surface area contributed by atoms with Crippen molar-refractivity contribution < 1.29 is 4.74 Å². The minimum atomic E-state index is 0.595. The maximum Gasteiger partial charge on any atom is 0.191 e. The highest BCUT2D eigenvalue weighted by atomic mass is 32.2. The van der Waals surface area contributed by atoms with Crippen LogP contribution in [-0.4, -0.2) is 28.1 Å². The zero-order chi connectivity index (χ0) is 16.2. The molecule has 1 heterocycles. The van der Waals surface area contributed by atoms with Crippen molar-refractivity contribution in [2.75, 3.05) is 13.4 Å². The van der Waals surface area contributed by atoms with Crippen LogP contribution in [0.1, 0.15) is 30.1 Å². The molecule has 0 aliphatic heterocycles. The molecule has 0 atom stereocenters. The molecule has 1 aliphatic rings. The van der Waals surface area contributed by atoms with Crippen molar-refractivity contribution in [2.45, 2.75) is 41.1 Å². The van der Waals surface area contributed by atoms with E-state index in [1.54, 1.807) is 30.6 Å². The first kappa shape index (κ1) is 16.5. The Morgan fingerprint density at radius 3 is 2.87 bits per heavy atom. The number of benzene rings is 1. The first-order chi connectivity index (χ1) is 11.3. The van der Waals surface area contributed by atoms with Crippen LogP contribution in [0.25, 0.3) is 0 Å². The smallest absolute Gasteiger partial charge is 0.191 e. The van der Waals surface area contributed by atoms with Gasteiger partial charge in [-0.2, -0.15) is 0 Å². The van der Waals surface area contributed by atoms with Gasteiger partial charge in [0.2, 0.25) is 0 Å². The fourth-order valence-electron chi connectivity index (χ4n) is 2.47. The van der Waals surface area contributed by atoms with E-state index in [9.17, 15) is 0 Å². The van der Waals surface area contributed by atoms with Crippen LogP contribution in [0, 0.1) is 0 Å². The Hall–Kier alpha value is -1.40. The molecule has 2 aromatic rings. The molecule has 0 bridgehead atoms. The molecule has 1 aromatic heterocycles. The number of methoxy groups -OCH3 is 1. The molecule has 122 valence electrons. The van der Waals surface area contributed by atoms with E-state index in [0.717, 1.165) is 33.9 Å². The zero-order valence-corrected chi connectivity index (χ0v) is 15.1. The monoisotopic (exact) mass is 347 g/mol. The summed E-state index contributed by atoms with van der Waals surface area (Å²) in [4.78, 5) is 1.16. The molecule has 6 heteroatoms. The van der Waals surface area contributed by atoms with Gasteiger partial charge < -0.3 is 9.30 Å². The van der Waals surface area contributed by atoms with Gasteiger partial charge in [-0.3, -0.25) is 0 Å². The molecule has 1 saturated carbocycles. The number of aromatic nitrogens is 3. The second-order valence-corrected chi connectivity index (χ2v) is 7.28. The average Bonchev–Trinajstić information content (AvgIpc) is 3.35. The summed E-state index contributed by atoms with van der Waals surface area (Å²) in [6.45, 7) is 4.63. The van der Waals surface area contributed by atoms with Gasteiger partial charge in [0.05, 0.1) is 7.11 Å². The van der Waals surface area contributed by atoms with E-state index in [1.807, 2.05) is 6.08 Å². The van der Waals surface area contributed by atoms with Gasteiger partial charge in [-0.15, -0.1) is 28.5 Å². The van der Waals surface area contributed by atoms with Crippen LogP contribution in [0.5, 0.6) is 5.75 Å². The number of hydrogen-bond acceptors (Lipinski definition) is 5. The number of thioether (sulfide) groups is 2. The Morgan fingerprint density at radius 2 is 2.22 bits per heavy atom. The largest absolute Gasteiger partial charge is 0.496 e. The summed E-state index contributed by atoms with van der Waals surface area (Å²) in [6, 6.07) is 6.37. The van der Waals surface area contributed by atoms with E-state index in [-0.39, 0.29) is 0 Å². The standard InChI is InChI=1S/C17H21N3OS2/c1-4-9-20-16(13-6-7-13)18-19-17(20)23-11-12-5-8-15(22-3)14(10-12)21-2/h4-5,8,10,13H,1,6-7,9,11H2,2-3H3. The predicted molar refractivity (Wildman–Crippen MR) is 96.5 cm³/mol. The maximum atomic E-state index is 5.46. The van der Waals surface area contributed by atoms with Gasteiger partial charge in [-0.25, -0.2) is 0 Å². The molecule has 0 amide bonds. The highest BCUT2D eigenvalue weighted by molar-refractivity contribution is 7.98. The summed E-state index contributed by atoms with van der Waals surface area (Å²) in [7, 11) is 1.72. The number of rotatable bonds is 8. The van der Waals surface area contributed by atoms with Crippen molar-refractivity contribution in [1.82, 2.24) is 14.8 Å². The average molecular weight is 348 g/mol. The Morgan fingerprint density at radius 1 is 1.39 bits per heavy atom. The third kappa shape index (κ3) is 3.75. The van der Waals surface area contributed by atoms with E-state index < -0.39 is 0 Å². The van der Waals surface area contributed by atoms with Crippen molar-refractivity contribution in [3.05, 3.63) is 42.2 Å². The van der Waals surface area contributed by atoms with Crippen LogP contribution >= 0.6 is 23.5 Å². The van der Waals surface area contributed by atoms with Crippen LogP contribution < -0.4 is 4.74 Å². The van der Waals surface area contributed by atoms with Crippen molar-refractivity contribution in [1.29, 1.82) is 0 Å². The fourth-order valence-corrected chi connectivity index (χ4v) is 3.91. The minimum absolute atomic E-state index is 0.595. The van der Waals surface area contributed by atoms with Crippen LogP contribution in [-0.2, 0) is 12.3 Å². The van der Waals surface area contributed by atoms with Gasteiger partial charge in [0.1, 0.15) is 11.6 Å². The molecule has 0 N–H and O–H groups in total. The lowest BCUT2D eigenvalue weighted by Crippen LogP contribution is -2.02. The fraction of sp³-hybridized carbons (Fsp3) is 0.412. The molecular weight excluding hydrogens is 326 g/mol. The highest BCUT2D eigenvalue weighted by Gasteiger charge is 2.30. The van der Waals surface area contributed by atoms with Crippen LogP contribution in [0.2, 0.25) is 0 Å². The summed E-state index contributed by atoms with van der Waals surface area (Å²) in [5.74, 6) is 3.49. The molecule has 1 aromatic carbocycles. The number of allylic oxidation sites excluding steroid dienone is 1. The predicted octanol–water partition coefficient (Wildman–Crippen LogP) is 4.36. The van der Waals surface area contributed by atoms with E-state index in [2.05, 4.69) is 45.8 Å². The summed E-state index contributed by atoms with van der Waals surface area (Å²) in [5.41, 5.74) is 1.23. The van der Waals surface area contributed by atoms with Gasteiger partial charge in [0.15, 0.2) is 5.16 Å². The lowest BCUT2D eigenvalue weighted by atomic mass is 10.2. The van der Waals surface area contributed by atoms with Crippen molar-refractivity contribution in [2.24, 2.45) is 0 Å². The third-order valence-corrected chi connectivity index (χ3v) is 5.63. The summed E-state index contributed by atoms with van der Waals surface area (Å²) < 4.78 is 7.66. The summed E-state index contributed by atoms with van der Waals surface area (Å²) >= 11 is 3.41. The highest BCUT2D eigenvalue weighted by Crippen LogP contribution is 2.40. The Kier molecular flexibility index (Phi) is 5.33. The molecule has 3 rings (SSSR count). The Balaban J connectivity index is 1.74. The maximum absolute atomic E-state index is 5.46. The second-order valence-electron chi connectivity index (χ2n) is 5.49. The summed E-state index contributed by atoms with van der Waals surface area (Å²) in [6.07, 6.45) is 6.43. The number of nitrogens with zero attached hydrogens (tertiary/aromatic N) is 3. The zero-order valence-electron chi connectivity index (χ0n) is 13.5. The number of ether oxygens (including phenoxy) is 1. The van der Waals surface area contributed by atoms with Gasteiger partial charge in [-0.1, -0.05) is 23.9 Å². The molecule has 4 nitrogen and oxygen atoms in total. The van der Waals surface area contributed by atoms with Gasteiger partial charge in [0.25, 0.3) is 0 Å². The first-order valence-corrected chi connectivity index (χ1v) is 9.85.